The van der Waals surface area contributed by atoms with Gasteiger partial charge in [0.15, 0.2) is 0 Å². The third-order valence-electron chi connectivity index (χ3n) is 1.66. The van der Waals surface area contributed by atoms with E-state index in [4.69, 9.17) is 9.84 Å². The molecule has 2 atom stereocenters. The molecule has 0 aromatic rings. The minimum absolute atomic E-state index is 0.120. The van der Waals surface area contributed by atoms with Gasteiger partial charge in [0.05, 0.1) is 5.75 Å². The lowest BCUT2D eigenvalue weighted by Gasteiger charge is -2.21. The lowest BCUT2D eigenvalue weighted by atomic mass is 10.2. The Bertz CT molecular complexity index is 310. The van der Waals surface area contributed by atoms with Gasteiger partial charge in [-0.05, 0) is 20.8 Å². The summed E-state index contributed by atoms with van der Waals surface area (Å²) in [4.78, 5) is 22.2. The van der Waals surface area contributed by atoms with Crippen LogP contribution in [0.1, 0.15) is 27.7 Å². The summed E-state index contributed by atoms with van der Waals surface area (Å²) in [6.07, 6.45) is -0.821. The number of amides is 1. The second-order valence-electron chi connectivity index (χ2n) is 4.43. The molecular formula is C10H19NO5S. The first-order valence-electron chi connectivity index (χ1n) is 5.23. The standard InChI is InChI=1S/C10H19NO5S/c1-5-17(15)6-7(8(12)13)11-9(14)16-10(2,3)4/h7H,5-6H2,1-4H3,(H,11,14)(H,12,13). The smallest absolute Gasteiger partial charge is 0.408 e. The summed E-state index contributed by atoms with van der Waals surface area (Å²) in [5, 5.41) is 11.0. The Hall–Kier alpha value is -1.11. The average Bonchev–Trinajstić information content (AvgIpc) is 2.13. The van der Waals surface area contributed by atoms with E-state index in [1.807, 2.05) is 0 Å². The number of carbonyl (C=O) groups excluding carboxylic acids is 1. The third-order valence-corrected chi connectivity index (χ3v) is 3.01. The molecule has 2 N–H and O–H groups in total. The Kier molecular flexibility index (Phi) is 6.15. The highest BCUT2D eigenvalue weighted by Gasteiger charge is 2.25. The Morgan fingerprint density at radius 3 is 2.29 bits per heavy atom. The molecule has 0 radical (unpaired) electrons. The molecule has 0 aliphatic rings. The topological polar surface area (TPSA) is 92.7 Å². The van der Waals surface area contributed by atoms with E-state index >= 15 is 0 Å². The van der Waals surface area contributed by atoms with E-state index in [0.717, 1.165) is 0 Å². The maximum absolute atomic E-state index is 11.3. The number of alkyl carbamates (subject to hydrolysis) is 1. The summed E-state index contributed by atoms with van der Waals surface area (Å²) in [6.45, 7) is 6.70. The van der Waals surface area contributed by atoms with E-state index < -0.39 is 34.5 Å². The SMILES string of the molecule is CCS(=O)CC(NC(=O)OC(C)(C)C)C(=O)O. The molecule has 17 heavy (non-hydrogen) atoms. The quantitative estimate of drug-likeness (QED) is 0.764. The van der Waals surface area contributed by atoms with Gasteiger partial charge in [-0.15, -0.1) is 0 Å². The Labute approximate surface area is 103 Å². The molecule has 100 valence electrons. The molecule has 0 aromatic carbocycles. The van der Waals surface area contributed by atoms with Crippen molar-refractivity contribution >= 4 is 22.9 Å². The number of ether oxygens (including phenoxy) is 1. The van der Waals surface area contributed by atoms with Gasteiger partial charge >= 0.3 is 12.1 Å². The zero-order chi connectivity index (χ0) is 13.6. The molecule has 0 fully saturated rings. The molecule has 0 heterocycles. The fourth-order valence-corrected chi connectivity index (χ4v) is 1.76. The van der Waals surface area contributed by atoms with Crippen LogP contribution >= 0.6 is 0 Å². The first-order valence-corrected chi connectivity index (χ1v) is 6.71. The van der Waals surface area contributed by atoms with Crippen molar-refractivity contribution in [1.82, 2.24) is 5.32 Å². The van der Waals surface area contributed by atoms with Crippen molar-refractivity contribution < 1.29 is 23.6 Å². The number of nitrogens with one attached hydrogen (secondary N) is 1. The summed E-state index contributed by atoms with van der Waals surface area (Å²) in [5.41, 5.74) is -0.697. The summed E-state index contributed by atoms with van der Waals surface area (Å²) in [7, 11) is -1.27. The van der Waals surface area contributed by atoms with Gasteiger partial charge < -0.3 is 15.2 Å². The van der Waals surface area contributed by atoms with E-state index in [-0.39, 0.29) is 5.75 Å². The molecule has 2 unspecified atom stereocenters. The van der Waals surface area contributed by atoms with Crippen LogP contribution in [0.25, 0.3) is 0 Å². The molecule has 0 bridgehead atoms. The zero-order valence-corrected chi connectivity index (χ0v) is 11.3. The number of aliphatic carboxylic acids is 1. The molecular weight excluding hydrogens is 246 g/mol. The highest BCUT2D eigenvalue weighted by Crippen LogP contribution is 2.07. The molecule has 7 heteroatoms. The number of carboxylic acid groups (broad SMARTS) is 1. The maximum Gasteiger partial charge on any atom is 0.408 e. The summed E-state index contributed by atoms with van der Waals surface area (Å²) in [5.74, 6) is -0.997. The van der Waals surface area contributed by atoms with Crippen LogP contribution in [0, 0.1) is 0 Å². The molecule has 0 saturated heterocycles. The van der Waals surface area contributed by atoms with Gasteiger partial charge in [-0.1, -0.05) is 6.92 Å². The molecule has 0 rings (SSSR count). The van der Waals surface area contributed by atoms with Crippen molar-refractivity contribution in [2.45, 2.75) is 39.3 Å². The largest absolute Gasteiger partial charge is 0.480 e. The second kappa shape index (κ2) is 6.58. The number of carboxylic acids is 1. The van der Waals surface area contributed by atoms with Gasteiger partial charge in [0, 0.05) is 16.6 Å². The van der Waals surface area contributed by atoms with Crippen LogP contribution in [0.4, 0.5) is 4.79 Å². The monoisotopic (exact) mass is 265 g/mol. The van der Waals surface area contributed by atoms with Gasteiger partial charge in [-0.2, -0.15) is 0 Å². The van der Waals surface area contributed by atoms with Crippen LogP contribution in [0.2, 0.25) is 0 Å². The maximum atomic E-state index is 11.3. The highest BCUT2D eigenvalue weighted by molar-refractivity contribution is 7.85. The lowest BCUT2D eigenvalue weighted by molar-refractivity contribution is -0.138. The van der Waals surface area contributed by atoms with Crippen LogP contribution in [0.3, 0.4) is 0 Å². The van der Waals surface area contributed by atoms with Gasteiger partial charge in [0.25, 0.3) is 0 Å². The van der Waals surface area contributed by atoms with E-state index in [1.54, 1.807) is 27.7 Å². The zero-order valence-electron chi connectivity index (χ0n) is 10.5. The summed E-state index contributed by atoms with van der Waals surface area (Å²) in [6, 6.07) is -1.19. The molecule has 0 saturated carbocycles. The predicted molar refractivity (Wildman–Crippen MR) is 64.3 cm³/mol. The van der Waals surface area contributed by atoms with Crippen molar-refractivity contribution in [2.75, 3.05) is 11.5 Å². The van der Waals surface area contributed by atoms with Crippen molar-refractivity contribution in [1.29, 1.82) is 0 Å². The van der Waals surface area contributed by atoms with Gasteiger partial charge in [0.1, 0.15) is 11.6 Å². The Morgan fingerprint density at radius 1 is 1.41 bits per heavy atom. The van der Waals surface area contributed by atoms with Crippen molar-refractivity contribution in [3.63, 3.8) is 0 Å². The Morgan fingerprint density at radius 2 is 1.94 bits per heavy atom. The van der Waals surface area contributed by atoms with Crippen molar-refractivity contribution in [3.8, 4) is 0 Å². The van der Waals surface area contributed by atoms with Gasteiger partial charge in [-0.25, -0.2) is 9.59 Å². The van der Waals surface area contributed by atoms with E-state index in [9.17, 15) is 13.8 Å². The van der Waals surface area contributed by atoms with Crippen molar-refractivity contribution in [3.05, 3.63) is 0 Å². The van der Waals surface area contributed by atoms with Crippen LogP contribution < -0.4 is 5.32 Å². The average molecular weight is 265 g/mol. The number of hydrogen-bond donors (Lipinski definition) is 2. The lowest BCUT2D eigenvalue weighted by Crippen LogP contribution is -2.46. The molecule has 0 aliphatic carbocycles. The number of hydrogen-bond acceptors (Lipinski definition) is 4. The number of rotatable bonds is 5. The van der Waals surface area contributed by atoms with Crippen LogP contribution in [-0.2, 0) is 20.3 Å². The first kappa shape index (κ1) is 15.9. The third kappa shape index (κ3) is 7.73. The summed E-state index contributed by atoms with van der Waals surface area (Å²) < 4.78 is 16.2. The van der Waals surface area contributed by atoms with Crippen LogP contribution in [-0.4, -0.2) is 44.5 Å². The van der Waals surface area contributed by atoms with Gasteiger partial charge in [0.2, 0.25) is 0 Å². The highest BCUT2D eigenvalue weighted by atomic mass is 32.2. The minimum Gasteiger partial charge on any atom is -0.480 e. The van der Waals surface area contributed by atoms with Crippen LogP contribution in [0.15, 0.2) is 0 Å². The van der Waals surface area contributed by atoms with Crippen LogP contribution in [0.5, 0.6) is 0 Å². The van der Waals surface area contributed by atoms with E-state index in [1.165, 1.54) is 0 Å². The molecule has 1 amide bonds. The first-order chi connectivity index (χ1) is 7.65. The number of carbonyl (C=O) groups is 2. The molecule has 6 nitrogen and oxygen atoms in total. The normalized spacial score (nSPS) is 14.8. The fraction of sp³-hybridized carbons (Fsp3) is 0.800. The fourth-order valence-electron chi connectivity index (χ4n) is 0.928. The predicted octanol–water partition coefficient (Wildman–Crippen LogP) is 0.733. The summed E-state index contributed by atoms with van der Waals surface area (Å²) >= 11 is 0. The molecule has 0 spiro atoms. The Balaban J connectivity index is 4.41. The molecule has 0 aromatic heterocycles. The second-order valence-corrected chi connectivity index (χ2v) is 6.22. The minimum atomic E-state index is -1.27. The van der Waals surface area contributed by atoms with Crippen molar-refractivity contribution in [2.24, 2.45) is 0 Å². The van der Waals surface area contributed by atoms with E-state index in [0.29, 0.717) is 5.75 Å². The van der Waals surface area contributed by atoms with Gasteiger partial charge in [-0.3, -0.25) is 4.21 Å². The van der Waals surface area contributed by atoms with E-state index in [2.05, 4.69) is 5.32 Å². The molecule has 0 aliphatic heterocycles.